The van der Waals surface area contributed by atoms with Gasteiger partial charge in [0.25, 0.3) is 0 Å². The lowest BCUT2D eigenvalue weighted by Gasteiger charge is -2.45. The van der Waals surface area contributed by atoms with Crippen molar-refractivity contribution in [2.75, 3.05) is 33.3 Å². The highest BCUT2D eigenvalue weighted by molar-refractivity contribution is 5.67. The summed E-state index contributed by atoms with van der Waals surface area (Å²) in [5.74, 6) is 0.962. The van der Waals surface area contributed by atoms with Gasteiger partial charge in [-0.05, 0) is 87.4 Å². The maximum absolute atomic E-state index is 12.1. The number of nitrogens with zero attached hydrogens (tertiary/aromatic N) is 3. The molecule has 2 fully saturated rings. The summed E-state index contributed by atoms with van der Waals surface area (Å²) in [6, 6.07) is 22.3. The topological polar surface area (TPSA) is 98.4 Å². The molecule has 7 heteroatoms. The van der Waals surface area contributed by atoms with Crippen LogP contribution in [0.2, 0.25) is 0 Å². The zero-order valence-electron chi connectivity index (χ0n) is 21.6. The van der Waals surface area contributed by atoms with E-state index in [0.717, 1.165) is 69.5 Å². The second-order valence-corrected chi connectivity index (χ2v) is 10.0. The van der Waals surface area contributed by atoms with Crippen LogP contribution in [0, 0.1) is 34.5 Å². The molecule has 4 rings (SSSR count). The summed E-state index contributed by atoms with van der Waals surface area (Å²) >= 11 is 0. The SMILES string of the molecule is CNC(=O)OC1CCCC1C(C#N)(c1ccccc1)C1CCN(CCCOc2ccc(C#N)cc2)CC1. The minimum Gasteiger partial charge on any atom is -0.494 e. The molecule has 2 aromatic rings. The minimum absolute atomic E-state index is 0.0189. The molecule has 0 spiro atoms. The molecule has 2 aliphatic rings. The van der Waals surface area contributed by atoms with Crippen LogP contribution in [-0.2, 0) is 10.2 Å². The molecule has 3 atom stereocenters. The maximum atomic E-state index is 12.1. The third-order valence-electron chi connectivity index (χ3n) is 8.04. The number of amides is 1. The number of alkyl carbamates (subject to hydrolysis) is 1. The van der Waals surface area contributed by atoms with E-state index in [0.29, 0.717) is 12.2 Å². The Hall–Kier alpha value is -3.55. The van der Waals surface area contributed by atoms with Gasteiger partial charge in [0.15, 0.2) is 0 Å². The number of nitriles is 2. The monoisotopic (exact) mass is 500 g/mol. The van der Waals surface area contributed by atoms with Gasteiger partial charge < -0.3 is 19.7 Å². The standard InChI is InChI=1S/C30H36N4O3/c1-33-29(35)37-28-10-5-9-27(28)30(22-32,24-7-3-2-4-8-24)25-15-18-34(19-16-25)17-6-20-36-26-13-11-23(21-31)12-14-26/h2-4,7-8,11-14,25,27-28H,5-6,9-10,15-20H2,1H3,(H,33,35). The molecular weight excluding hydrogens is 464 g/mol. The normalized spacial score (nSPS) is 21.8. The largest absolute Gasteiger partial charge is 0.494 e. The van der Waals surface area contributed by atoms with Crippen molar-refractivity contribution < 1.29 is 14.3 Å². The van der Waals surface area contributed by atoms with E-state index in [1.165, 1.54) is 0 Å². The van der Waals surface area contributed by atoms with Crippen LogP contribution in [0.3, 0.4) is 0 Å². The number of piperidine rings is 1. The van der Waals surface area contributed by atoms with Crippen molar-refractivity contribution in [2.45, 2.75) is 50.0 Å². The molecule has 1 saturated heterocycles. The van der Waals surface area contributed by atoms with E-state index in [1.54, 1.807) is 19.2 Å². The van der Waals surface area contributed by atoms with E-state index >= 15 is 0 Å². The molecule has 1 amide bonds. The Bertz CT molecular complexity index is 1100. The van der Waals surface area contributed by atoms with E-state index in [4.69, 9.17) is 14.7 Å². The fraction of sp³-hybridized carbons (Fsp3) is 0.500. The average molecular weight is 501 g/mol. The van der Waals surface area contributed by atoms with Crippen molar-refractivity contribution in [3.63, 3.8) is 0 Å². The number of rotatable bonds is 9. The van der Waals surface area contributed by atoms with Crippen LogP contribution in [0.25, 0.3) is 0 Å². The number of hydrogen-bond donors (Lipinski definition) is 1. The molecule has 0 radical (unpaired) electrons. The van der Waals surface area contributed by atoms with Crippen LogP contribution in [0.5, 0.6) is 5.75 Å². The smallest absolute Gasteiger partial charge is 0.407 e. The van der Waals surface area contributed by atoms with Crippen molar-refractivity contribution in [3.8, 4) is 17.9 Å². The second kappa shape index (κ2) is 12.6. The van der Waals surface area contributed by atoms with Crippen molar-refractivity contribution in [1.82, 2.24) is 10.2 Å². The number of nitrogens with one attached hydrogen (secondary N) is 1. The third kappa shape index (κ3) is 6.06. The lowest BCUT2D eigenvalue weighted by atomic mass is 9.59. The molecule has 0 bridgehead atoms. The van der Waals surface area contributed by atoms with Crippen molar-refractivity contribution >= 4 is 6.09 Å². The first-order valence-corrected chi connectivity index (χ1v) is 13.3. The summed E-state index contributed by atoms with van der Waals surface area (Å²) in [4.78, 5) is 14.5. The Morgan fingerprint density at radius 3 is 2.43 bits per heavy atom. The van der Waals surface area contributed by atoms with Gasteiger partial charge in [-0.3, -0.25) is 0 Å². The van der Waals surface area contributed by atoms with Gasteiger partial charge in [-0.15, -0.1) is 0 Å². The highest BCUT2D eigenvalue weighted by atomic mass is 16.6. The lowest BCUT2D eigenvalue weighted by molar-refractivity contribution is 0.0322. The Balaban J connectivity index is 1.39. The van der Waals surface area contributed by atoms with Crippen molar-refractivity contribution in [1.29, 1.82) is 10.5 Å². The van der Waals surface area contributed by atoms with Crippen LogP contribution in [0.4, 0.5) is 4.79 Å². The predicted octanol–water partition coefficient (Wildman–Crippen LogP) is 5.03. The fourth-order valence-electron chi connectivity index (χ4n) is 6.21. The summed E-state index contributed by atoms with van der Waals surface area (Å²) < 4.78 is 11.6. The number of carbonyl (C=O) groups excluding carboxylic acids is 1. The Kier molecular flexibility index (Phi) is 9.04. The number of likely N-dealkylation sites (tertiary alicyclic amines) is 1. The molecule has 7 nitrogen and oxygen atoms in total. The van der Waals surface area contributed by atoms with E-state index in [2.05, 4.69) is 34.5 Å². The summed E-state index contributed by atoms with van der Waals surface area (Å²) in [6.45, 7) is 3.44. The number of carbonyl (C=O) groups is 1. The van der Waals surface area contributed by atoms with Gasteiger partial charge in [-0.2, -0.15) is 10.5 Å². The number of benzene rings is 2. The van der Waals surface area contributed by atoms with Gasteiger partial charge >= 0.3 is 6.09 Å². The molecule has 37 heavy (non-hydrogen) atoms. The van der Waals surface area contributed by atoms with Crippen LogP contribution < -0.4 is 10.1 Å². The fourth-order valence-corrected chi connectivity index (χ4v) is 6.21. The zero-order valence-corrected chi connectivity index (χ0v) is 21.6. The molecule has 194 valence electrons. The first-order valence-electron chi connectivity index (χ1n) is 13.3. The summed E-state index contributed by atoms with van der Waals surface area (Å²) in [5, 5.41) is 22.3. The Morgan fingerprint density at radius 1 is 1.05 bits per heavy atom. The van der Waals surface area contributed by atoms with Crippen LogP contribution in [0.15, 0.2) is 54.6 Å². The molecule has 1 heterocycles. The van der Waals surface area contributed by atoms with Gasteiger partial charge in [0.05, 0.1) is 29.7 Å². The Morgan fingerprint density at radius 2 is 1.78 bits per heavy atom. The number of ether oxygens (including phenoxy) is 2. The summed E-state index contributed by atoms with van der Waals surface area (Å²) in [5.41, 5.74) is 0.994. The molecule has 1 N–H and O–H groups in total. The first-order chi connectivity index (χ1) is 18.1. The van der Waals surface area contributed by atoms with Crippen LogP contribution in [0.1, 0.15) is 49.7 Å². The molecule has 0 aromatic heterocycles. The molecule has 2 aromatic carbocycles. The predicted molar refractivity (Wildman–Crippen MR) is 141 cm³/mol. The molecule has 1 aliphatic carbocycles. The van der Waals surface area contributed by atoms with E-state index < -0.39 is 11.5 Å². The van der Waals surface area contributed by atoms with Gasteiger partial charge in [0, 0.05) is 19.5 Å². The molecule has 1 saturated carbocycles. The highest BCUT2D eigenvalue weighted by Crippen LogP contribution is 2.50. The molecule has 3 unspecified atom stereocenters. The Labute approximate surface area is 220 Å². The lowest BCUT2D eigenvalue weighted by Crippen LogP contribution is -2.50. The highest BCUT2D eigenvalue weighted by Gasteiger charge is 2.53. The van der Waals surface area contributed by atoms with Crippen LogP contribution in [-0.4, -0.2) is 50.4 Å². The van der Waals surface area contributed by atoms with Gasteiger partial charge in [0.2, 0.25) is 0 Å². The van der Waals surface area contributed by atoms with E-state index in [-0.39, 0.29) is 17.9 Å². The second-order valence-electron chi connectivity index (χ2n) is 10.0. The summed E-state index contributed by atoms with van der Waals surface area (Å²) in [6.07, 6.45) is 4.75. The van der Waals surface area contributed by atoms with Crippen molar-refractivity contribution in [2.24, 2.45) is 11.8 Å². The van der Waals surface area contributed by atoms with Crippen molar-refractivity contribution in [3.05, 3.63) is 65.7 Å². The van der Waals surface area contributed by atoms with E-state index in [1.807, 2.05) is 30.3 Å². The molecular formula is C30H36N4O3. The maximum Gasteiger partial charge on any atom is 0.407 e. The van der Waals surface area contributed by atoms with Gasteiger partial charge in [0.1, 0.15) is 11.9 Å². The summed E-state index contributed by atoms with van der Waals surface area (Å²) in [7, 11) is 1.58. The minimum atomic E-state index is -0.679. The zero-order chi connectivity index (χ0) is 26.1. The van der Waals surface area contributed by atoms with Crippen LogP contribution >= 0.6 is 0 Å². The quantitative estimate of drug-likeness (QED) is 0.485. The number of hydrogen-bond acceptors (Lipinski definition) is 6. The van der Waals surface area contributed by atoms with Gasteiger partial charge in [-0.1, -0.05) is 30.3 Å². The molecule has 1 aliphatic heterocycles. The third-order valence-corrected chi connectivity index (χ3v) is 8.04. The van der Waals surface area contributed by atoms with E-state index in [9.17, 15) is 10.1 Å². The van der Waals surface area contributed by atoms with Gasteiger partial charge in [-0.25, -0.2) is 4.79 Å². The first kappa shape index (κ1) is 26.5. The average Bonchev–Trinajstić information content (AvgIpc) is 3.41.